The molecule has 1 aromatic heterocycles. The smallest absolute Gasteiger partial charge is 0.307 e. The zero-order valence-corrected chi connectivity index (χ0v) is 12.1. The van der Waals surface area contributed by atoms with E-state index in [0.717, 1.165) is 12.8 Å². The molecule has 1 aromatic rings. The summed E-state index contributed by atoms with van der Waals surface area (Å²) < 4.78 is 5.27. The van der Waals surface area contributed by atoms with E-state index >= 15 is 0 Å². The van der Waals surface area contributed by atoms with Crippen LogP contribution in [0.15, 0.2) is 4.52 Å². The van der Waals surface area contributed by atoms with Crippen LogP contribution in [-0.4, -0.2) is 27.1 Å². The Kier molecular flexibility index (Phi) is 3.43. The minimum atomic E-state index is -0.912. The highest BCUT2D eigenvalue weighted by Gasteiger charge is 2.49. The normalized spacial score (nSPS) is 25.7. The van der Waals surface area contributed by atoms with Gasteiger partial charge < -0.3 is 14.9 Å². The van der Waals surface area contributed by atoms with Gasteiger partial charge in [-0.3, -0.25) is 9.59 Å². The van der Waals surface area contributed by atoms with E-state index in [9.17, 15) is 9.59 Å². The molecule has 2 fully saturated rings. The van der Waals surface area contributed by atoms with Gasteiger partial charge >= 0.3 is 5.97 Å². The van der Waals surface area contributed by atoms with Gasteiger partial charge in [0.1, 0.15) is 6.04 Å². The van der Waals surface area contributed by atoms with E-state index in [4.69, 9.17) is 9.63 Å². The Hall–Kier alpha value is -1.92. The molecule has 2 saturated carbocycles. The summed E-state index contributed by atoms with van der Waals surface area (Å²) in [5.74, 6) is -0.545. The number of carbonyl (C=O) groups excluding carboxylic acids is 1. The lowest BCUT2D eigenvalue weighted by atomic mass is 10.0. The number of hydrogen-bond donors (Lipinski definition) is 2. The van der Waals surface area contributed by atoms with Crippen molar-refractivity contribution in [2.45, 2.75) is 45.1 Å². The first-order chi connectivity index (χ1) is 9.97. The number of carboxylic acids is 1. The van der Waals surface area contributed by atoms with E-state index in [2.05, 4.69) is 15.5 Å². The Morgan fingerprint density at radius 2 is 2.05 bits per heavy atom. The van der Waals surface area contributed by atoms with Crippen molar-refractivity contribution in [2.24, 2.45) is 17.8 Å². The van der Waals surface area contributed by atoms with Crippen molar-refractivity contribution in [2.75, 3.05) is 0 Å². The van der Waals surface area contributed by atoms with Crippen LogP contribution in [-0.2, 0) is 9.59 Å². The van der Waals surface area contributed by atoms with Crippen LogP contribution in [0.2, 0.25) is 0 Å². The van der Waals surface area contributed by atoms with Gasteiger partial charge in [-0.1, -0.05) is 19.0 Å². The zero-order chi connectivity index (χ0) is 15.1. The van der Waals surface area contributed by atoms with Gasteiger partial charge in [0.15, 0.2) is 5.82 Å². The highest BCUT2D eigenvalue weighted by molar-refractivity contribution is 5.89. The highest BCUT2D eigenvalue weighted by Crippen LogP contribution is 2.40. The number of nitrogens with zero attached hydrogens (tertiary/aromatic N) is 2. The number of hydrogen-bond acceptors (Lipinski definition) is 5. The molecule has 2 N–H and O–H groups in total. The molecule has 7 heteroatoms. The molecular weight excluding hydrogens is 274 g/mol. The van der Waals surface area contributed by atoms with E-state index in [1.807, 2.05) is 13.8 Å². The predicted octanol–water partition coefficient (Wildman–Crippen LogP) is 1.48. The van der Waals surface area contributed by atoms with Gasteiger partial charge in [-0.05, 0) is 25.2 Å². The monoisotopic (exact) mass is 293 g/mol. The second kappa shape index (κ2) is 5.13. The van der Waals surface area contributed by atoms with Crippen molar-refractivity contribution in [1.29, 1.82) is 0 Å². The topological polar surface area (TPSA) is 105 Å². The van der Waals surface area contributed by atoms with E-state index in [0.29, 0.717) is 24.1 Å². The minimum absolute atomic E-state index is 0.0866. The molecule has 1 amide bonds. The number of aliphatic carboxylic acids is 1. The van der Waals surface area contributed by atoms with E-state index in [1.54, 1.807) is 0 Å². The summed E-state index contributed by atoms with van der Waals surface area (Å²) in [4.78, 5) is 27.3. The Morgan fingerprint density at radius 3 is 2.57 bits per heavy atom. The van der Waals surface area contributed by atoms with Crippen LogP contribution in [0.25, 0.3) is 0 Å². The SMILES string of the molecule is CC(C)C(NC(=O)C1CC1C(=O)O)c1nc(C2CC2)no1. The molecule has 0 radical (unpaired) electrons. The summed E-state index contributed by atoms with van der Waals surface area (Å²) in [6, 6.07) is -0.368. The predicted molar refractivity (Wildman–Crippen MR) is 71.2 cm³/mol. The highest BCUT2D eigenvalue weighted by atomic mass is 16.5. The summed E-state index contributed by atoms with van der Waals surface area (Å²) in [6.07, 6.45) is 2.57. The first kappa shape index (κ1) is 14.0. The second-order valence-corrected chi connectivity index (χ2v) is 6.28. The summed E-state index contributed by atoms with van der Waals surface area (Å²) in [5.41, 5.74) is 0. The molecule has 3 unspecified atom stereocenters. The average Bonchev–Trinajstić information content (AvgIpc) is 3.32. The van der Waals surface area contributed by atoms with Gasteiger partial charge in [0.2, 0.25) is 11.8 Å². The van der Waals surface area contributed by atoms with Crippen LogP contribution in [0.1, 0.15) is 56.8 Å². The maximum absolute atomic E-state index is 12.1. The summed E-state index contributed by atoms with van der Waals surface area (Å²) >= 11 is 0. The quantitative estimate of drug-likeness (QED) is 0.823. The molecule has 3 atom stereocenters. The Bertz CT molecular complexity index is 564. The largest absolute Gasteiger partial charge is 0.481 e. The lowest BCUT2D eigenvalue weighted by Crippen LogP contribution is -2.33. The number of aromatic nitrogens is 2. The van der Waals surface area contributed by atoms with E-state index < -0.39 is 17.8 Å². The molecular formula is C14H19N3O4. The Labute approximate surface area is 122 Å². The van der Waals surface area contributed by atoms with Gasteiger partial charge in [0.05, 0.1) is 11.8 Å². The summed E-state index contributed by atoms with van der Waals surface area (Å²) in [5, 5.41) is 15.7. The minimum Gasteiger partial charge on any atom is -0.481 e. The second-order valence-electron chi connectivity index (χ2n) is 6.28. The molecule has 0 aliphatic heterocycles. The fraction of sp³-hybridized carbons (Fsp3) is 0.714. The van der Waals surface area contributed by atoms with Crippen LogP contribution in [0.4, 0.5) is 0 Å². The molecule has 2 aliphatic rings. The number of carboxylic acid groups (broad SMARTS) is 1. The number of rotatable bonds is 6. The van der Waals surface area contributed by atoms with E-state index in [-0.39, 0.29) is 17.9 Å². The van der Waals surface area contributed by atoms with Crippen molar-refractivity contribution < 1.29 is 19.2 Å². The average molecular weight is 293 g/mol. The van der Waals surface area contributed by atoms with Crippen LogP contribution in [0, 0.1) is 17.8 Å². The van der Waals surface area contributed by atoms with Crippen LogP contribution in [0.5, 0.6) is 0 Å². The molecule has 1 heterocycles. The summed E-state index contributed by atoms with van der Waals surface area (Å²) in [6.45, 7) is 3.90. The van der Waals surface area contributed by atoms with Gasteiger partial charge in [-0.2, -0.15) is 4.98 Å². The number of nitrogens with one attached hydrogen (secondary N) is 1. The standard InChI is InChI=1S/C14H19N3O4/c1-6(2)10(13-16-11(17-21-13)7-3-4-7)15-12(18)8-5-9(8)14(19)20/h6-10H,3-5H2,1-2H3,(H,15,18)(H,19,20). The zero-order valence-electron chi connectivity index (χ0n) is 12.1. The third-order valence-electron chi connectivity index (χ3n) is 4.07. The third kappa shape index (κ3) is 2.91. The Balaban J connectivity index is 1.66. The van der Waals surface area contributed by atoms with Crippen LogP contribution < -0.4 is 5.32 Å². The van der Waals surface area contributed by atoms with Crippen LogP contribution in [0.3, 0.4) is 0 Å². The molecule has 7 nitrogen and oxygen atoms in total. The molecule has 0 spiro atoms. The van der Waals surface area contributed by atoms with Crippen molar-refractivity contribution in [1.82, 2.24) is 15.5 Å². The van der Waals surface area contributed by atoms with Crippen LogP contribution >= 0.6 is 0 Å². The number of amides is 1. The molecule has 114 valence electrons. The first-order valence-corrected chi connectivity index (χ1v) is 7.34. The maximum Gasteiger partial charge on any atom is 0.307 e. The number of carbonyl (C=O) groups is 2. The molecule has 0 saturated heterocycles. The first-order valence-electron chi connectivity index (χ1n) is 7.34. The van der Waals surface area contributed by atoms with E-state index in [1.165, 1.54) is 0 Å². The van der Waals surface area contributed by atoms with Crippen molar-refractivity contribution in [3.63, 3.8) is 0 Å². The maximum atomic E-state index is 12.1. The lowest BCUT2D eigenvalue weighted by Gasteiger charge is -2.18. The fourth-order valence-corrected chi connectivity index (χ4v) is 2.41. The van der Waals surface area contributed by atoms with Gasteiger partial charge in [-0.15, -0.1) is 0 Å². The van der Waals surface area contributed by atoms with Gasteiger partial charge in [0, 0.05) is 5.92 Å². The fourth-order valence-electron chi connectivity index (χ4n) is 2.41. The third-order valence-corrected chi connectivity index (χ3v) is 4.07. The molecule has 0 bridgehead atoms. The van der Waals surface area contributed by atoms with Gasteiger partial charge in [0.25, 0.3) is 0 Å². The van der Waals surface area contributed by atoms with Crippen molar-refractivity contribution in [3.8, 4) is 0 Å². The summed E-state index contributed by atoms with van der Waals surface area (Å²) in [7, 11) is 0. The van der Waals surface area contributed by atoms with Gasteiger partial charge in [-0.25, -0.2) is 0 Å². The van der Waals surface area contributed by atoms with Crippen molar-refractivity contribution >= 4 is 11.9 Å². The molecule has 0 aromatic carbocycles. The molecule has 3 rings (SSSR count). The lowest BCUT2D eigenvalue weighted by molar-refractivity contribution is -0.140. The Morgan fingerprint density at radius 1 is 1.33 bits per heavy atom. The van der Waals surface area contributed by atoms with Crippen molar-refractivity contribution in [3.05, 3.63) is 11.7 Å². The molecule has 21 heavy (non-hydrogen) atoms. The molecule has 2 aliphatic carbocycles.